The van der Waals surface area contributed by atoms with E-state index in [0.717, 1.165) is 18.4 Å². The molecule has 1 fully saturated rings. The highest BCUT2D eigenvalue weighted by molar-refractivity contribution is 5.78. The maximum absolute atomic E-state index is 12.6. The third-order valence-electron chi connectivity index (χ3n) is 3.92. The first-order valence-corrected chi connectivity index (χ1v) is 7.87. The summed E-state index contributed by atoms with van der Waals surface area (Å²) in [5, 5.41) is 0. The molecule has 1 saturated carbocycles. The van der Waals surface area contributed by atoms with Crippen LogP contribution >= 0.6 is 0 Å². The summed E-state index contributed by atoms with van der Waals surface area (Å²) in [6.45, 7) is 0.670. The predicted octanol–water partition coefficient (Wildman–Crippen LogP) is 3.27. The summed E-state index contributed by atoms with van der Waals surface area (Å²) in [4.78, 5) is 14.5. The fourth-order valence-corrected chi connectivity index (χ4v) is 2.55. The number of benzene rings is 2. The zero-order chi connectivity index (χ0) is 16.1. The number of hydrogen-bond acceptors (Lipinski definition) is 3. The molecule has 1 aliphatic rings. The molecule has 0 radical (unpaired) electrons. The molecular formula is C19H21NO3. The van der Waals surface area contributed by atoms with E-state index >= 15 is 0 Å². The van der Waals surface area contributed by atoms with Gasteiger partial charge in [0.15, 0.2) is 18.1 Å². The van der Waals surface area contributed by atoms with Gasteiger partial charge >= 0.3 is 0 Å². The Morgan fingerprint density at radius 3 is 2.35 bits per heavy atom. The minimum absolute atomic E-state index is 0.0160. The van der Waals surface area contributed by atoms with E-state index in [4.69, 9.17) is 9.47 Å². The molecule has 0 saturated heterocycles. The number of carbonyl (C=O) groups is 1. The Hall–Kier alpha value is -2.49. The topological polar surface area (TPSA) is 38.8 Å². The monoisotopic (exact) mass is 311 g/mol. The number of carbonyl (C=O) groups excluding carboxylic acids is 1. The summed E-state index contributed by atoms with van der Waals surface area (Å²) in [6.07, 6.45) is 2.15. The molecular weight excluding hydrogens is 290 g/mol. The van der Waals surface area contributed by atoms with Gasteiger partial charge < -0.3 is 14.4 Å². The van der Waals surface area contributed by atoms with Gasteiger partial charge in [-0.05, 0) is 30.5 Å². The van der Waals surface area contributed by atoms with Crippen LogP contribution in [0.25, 0.3) is 0 Å². The van der Waals surface area contributed by atoms with Crippen LogP contribution in [0.3, 0.4) is 0 Å². The van der Waals surface area contributed by atoms with Crippen LogP contribution < -0.4 is 9.47 Å². The quantitative estimate of drug-likeness (QED) is 0.788. The number of methoxy groups -OCH3 is 1. The second kappa shape index (κ2) is 7.18. The van der Waals surface area contributed by atoms with Crippen LogP contribution in [0.2, 0.25) is 0 Å². The van der Waals surface area contributed by atoms with Gasteiger partial charge in [-0.25, -0.2) is 0 Å². The molecule has 0 bridgehead atoms. The third kappa shape index (κ3) is 4.03. The van der Waals surface area contributed by atoms with E-state index in [1.54, 1.807) is 7.11 Å². The molecule has 23 heavy (non-hydrogen) atoms. The van der Waals surface area contributed by atoms with E-state index in [2.05, 4.69) is 0 Å². The maximum atomic E-state index is 12.6. The van der Waals surface area contributed by atoms with Crippen molar-refractivity contribution in [2.75, 3.05) is 13.7 Å². The van der Waals surface area contributed by atoms with Gasteiger partial charge in [-0.2, -0.15) is 0 Å². The molecule has 4 nitrogen and oxygen atoms in total. The molecule has 0 aliphatic heterocycles. The highest BCUT2D eigenvalue weighted by Crippen LogP contribution is 2.29. The molecule has 0 aromatic heterocycles. The second-order valence-corrected chi connectivity index (χ2v) is 5.68. The highest BCUT2D eigenvalue weighted by atomic mass is 16.5. The lowest BCUT2D eigenvalue weighted by Crippen LogP contribution is -2.36. The van der Waals surface area contributed by atoms with Crippen LogP contribution in [0, 0.1) is 0 Å². The number of para-hydroxylation sites is 2. The molecule has 1 amide bonds. The zero-order valence-electron chi connectivity index (χ0n) is 13.3. The van der Waals surface area contributed by atoms with Gasteiger partial charge in [0.2, 0.25) is 0 Å². The van der Waals surface area contributed by atoms with E-state index in [0.29, 0.717) is 24.1 Å². The van der Waals surface area contributed by atoms with Crippen LogP contribution in [0.15, 0.2) is 54.6 Å². The Balaban J connectivity index is 1.63. The van der Waals surface area contributed by atoms with Gasteiger partial charge in [-0.3, -0.25) is 4.79 Å². The minimum atomic E-state index is 0.0160. The fourth-order valence-electron chi connectivity index (χ4n) is 2.55. The summed E-state index contributed by atoms with van der Waals surface area (Å²) in [6, 6.07) is 17.8. The lowest BCUT2D eigenvalue weighted by molar-refractivity contribution is -0.134. The SMILES string of the molecule is COc1ccccc1OCC(=O)N(Cc1ccccc1)C1CC1. The molecule has 0 atom stereocenters. The zero-order valence-corrected chi connectivity index (χ0v) is 13.3. The first kappa shape index (κ1) is 15.4. The van der Waals surface area contributed by atoms with Crippen molar-refractivity contribution in [3.05, 3.63) is 60.2 Å². The first-order valence-electron chi connectivity index (χ1n) is 7.87. The summed E-state index contributed by atoms with van der Waals surface area (Å²) in [7, 11) is 1.59. The first-order chi connectivity index (χ1) is 11.3. The van der Waals surface area contributed by atoms with Gasteiger partial charge in [-0.15, -0.1) is 0 Å². The smallest absolute Gasteiger partial charge is 0.261 e. The Labute approximate surface area is 136 Å². The molecule has 0 unspecified atom stereocenters. The van der Waals surface area contributed by atoms with Crippen molar-refractivity contribution in [1.29, 1.82) is 0 Å². The summed E-state index contributed by atoms with van der Waals surface area (Å²) in [5.74, 6) is 1.25. The third-order valence-corrected chi connectivity index (χ3v) is 3.92. The number of hydrogen-bond donors (Lipinski definition) is 0. The number of nitrogens with zero attached hydrogens (tertiary/aromatic N) is 1. The van der Waals surface area contributed by atoms with Gasteiger partial charge in [0, 0.05) is 12.6 Å². The predicted molar refractivity (Wildman–Crippen MR) is 88.5 cm³/mol. The number of rotatable bonds is 7. The van der Waals surface area contributed by atoms with E-state index in [1.165, 1.54) is 0 Å². The molecule has 120 valence electrons. The van der Waals surface area contributed by atoms with Crippen molar-refractivity contribution in [2.24, 2.45) is 0 Å². The number of amides is 1. The van der Waals surface area contributed by atoms with E-state index < -0.39 is 0 Å². The lowest BCUT2D eigenvalue weighted by Gasteiger charge is -2.23. The van der Waals surface area contributed by atoms with Crippen LogP contribution in [0.4, 0.5) is 0 Å². The molecule has 0 spiro atoms. The van der Waals surface area contributed by atoms with Gasteiger partial charge in [0.05, 0.1) is 7.11 Å². The van der Waals surface area contributed by atoms with Crippen LogP contribution in [-0.2, 0) is 11.3 Å². The standard InChI is InChI=1S/C19H21NO3/c1-22-17-9-5-6-10-18(17)23-14-19(21)20(16-11-12-16)13-15-7-3-2-4-8-15/h2-10,16H,11-14H2,1H3. The van der Waals surface area contributed by atoms with Crippen molar-refractivity contribution >= 4 is 5.91 Å². The van der Waals surface area contributed by atoms with E-state index in [1.807, 2.05) is 59.5 Å². The summed E-state index contributed by atoms with van der Waals surface area (Å²) < 4.78 is 10.9. The number of ether oxygens (including phenoxy) is 2. The average molecular weight is 311 g/mol. The van der Waals surface area contributed by atoms with Crippen molar-refractivity contribution in [1.82, 2.24) is 4.90 Å². The Morgan fingerprint density at radius 2 is 1.70 bits per heavy atom. The molecule has 0 heterocycles. The largest absolute Gasteiger partial charge is 0.493 e. The highest BCUT2D eigenvalue weighted by Gasteiger charge is 2.32. The van der Waals surface area contributed by atoms with E-state index in [9.17, 15) is 4.79 Å². The molecule has 0 N–H and O–H groups in total. The van der Waals surface area contributed by atoms with Gasteiger partial charge in [0.25, 0.3) is 5.91 Å². The molecule has 4 heteroatoms. The van der Waals surface area contributed by atoms with Gasteiger partial charge in [-0.1, -0.05) is 42.5 Å². The molecule has 3 rings (SSSR count). The van der Waals surface area contributed by atoms with Crippen LogP contribution in [0.1, 0.15) is 18.4 Å². The van der Waals surface area contributed by atoms with Crippen molar-refractivity contribution in [2.45, 2.75) is 25.4 Å². The van der Waals surface area contributed by atoms with Gasteiger partial charge in [0.1, 0.15) is 0 Å². The minimum Gasteiger partial charge on any atom is -0.493 e. The molecule has 1 aliphatic carbocycles. The average Bonchev–Trinajstić information content (AvgIpc) is 3.43. The Kier molecular flexibility index (Phi) is 4.81. The fraction of sp³-hybridized carbons (Fsp3) is 0.316. The van der Waals surface area contributed by atoms with Crippen molar-refractivity contribution in [3.63, 3.8) is 0 Å². The lowest BCUT2D eigenvalue weighted by atomic mass is 10.2. The Morgan fingerprint density at radius 1 is 1.04 bits per heavy atom. The summed E-state index contributed by atoms with van der Waals surface area (Å²) >= 11 is 0. The van der Waals surface area contributed by atoms with E-state index in [-0.39, 0.29) is 12.5 Å². The van der Waals surface area contributed by atoms with Crippen LogP contribution in [-0.4, -0.2) is 30.6 Å². The Bertz CT molecular complexity index is 653. The second-order valence-electron chi connectivity index (χ2n) is 5.68. The normalized spacial score (nSPS) is 13.4. The molecule has 2 aromatic rings. The summed E-state index contributed by atoms with van der Waals surface area (Å²) in [5.41, 5.74) is 1.14. The van der Waals surface area contributed by atoms with Crippen LogP contribution in [0.5, 0.6) is 11.5 Å². The van der Waals surface area contributed by atoms with Crippen molar-refractivity contribution in [3.8, 4) is 11.5 Å². The maximum Gasteiger partial charge on any atom is 0.261 e. The molecule has 2 aromatic carbocycles. The van der Waals surface area contributed by atoms with Crippen molar-refractivity contribution < 1.29 is 14.3 Å².